The predicted octanol–water partition coefficient (Wildman–Crippen LogP) is -0.161. The first-order chi connectivity index (χ1) is 10.6. The number of aromatic nitrogens is 4. The standard InChI is InChI=1S/C11H18N5O5P/c1-19-4-8(5-21-22(17)18)20-3-2-16-7-15-9-10(12)13-6-14-11(9)16/h6-8,22H,2-5H2,1H3,(H,17,18)(H2,12,13,14). The number of anilines is 1. The van der Waals surface area contributed by atoms with Gasteiger partial charge in [0.2, 0.25) is 0 Å². The van der Waals surface area contributed by atoms with Crippen LogP contribution in [0.5, 0.6) is 0 Å². The van der Waals surface area contributed by atoms with Crippen molar-refractivity contribution in [3.8, 4) is 0 Å². The first kappa shape index (κ1) is 16.8. The summed E-state index contributed by atoms with van der Waals surface area (Å²) in [4.78, 5) is 20.8. The summed E-state index contributed by atoms with van der Waals surface area (Å²) in [6.45, 7) is 1.07. The van der Waals surface area contributed by atoms with Gasteiger partial charge in [-0.3, -0.25) is 4.57 Å². The van der Waals surface area contributed by atoms with Crippen molar-refractivity contribution in [3.63, 3.8) is 0 Å². The fourth-order valence-electron chi connectivity index (χ4n) is 1.87. The molecule has 2 heterocycles. The van der Waals surface area contributed by atoms with E-state index in [9.17, 15) is 4.57 Å². The molecule has 3 N–H and O–H groups in total. The van der Waals surface area contributed by atoms with Gasteiger partial charge in [0.25, 0.3) is 0 Å². The van der Waals surface area contributed by atoms with Crippen LogP contribution < -0.4 is 5.73 Å². The number of imidazole rings is 1. The van der Waals surface area contributed by atoms with Gasteiger partial charge >= 0.3 is 8.25 Å². The maximum Gasteiger partial charge on any atom is 0.316 e. The minimum atomic E-state index is -2.98. The predicted molar refractivity (Wildman–Crippen MR) is 78.5 cm³/mol. The highest BCUT2D eigenvalue weighted by molar-refractivity contribution is 7.32. The first-order valence-corrected chi connectivity index (χ1v) is 7.75. The van der Waals surface area contributed by atoms with Crippen LogP contribution in [-0.4, -0.2) is 57.4 Å². The number of fused-ring (bicyclic) bond motifs is 1. The molecule has 0 fully saturated rings. The monoisotopic (exact) mass is 331 g/mol. The highest BCUT2D eigenvalue weighted by atomic mass is 31.1. The number of rotatable bonds is 9. The number of nitrogen functional groups attached to an aromatic ring is 1. The third kappa shape index (κ3) is 4.46. The maximum absolute atomic E-state index is 10.6. The SMILES string of the molecule is COCC(CO[PH](=O)O)OCCn1cnc2c(N)ncnc21. The largest absolute Gasteiger partial charge is 0.382 e. The second-order valence-electron chi connectivity index (χ2n) is 4.39. The van der Waals surface area contributed by atoms with Crippen molar-refractivity contribution in [1.29, 1.82) is 0 Å². The van der Waals surface area contributed by atoms with Gasteiger partial charge in [-0.15, -0.1) is 0 Å². The van der Waals surface area contributed by atoms with E-state index in [2.05, 4.69) is 19.5 Å². The fourth-order valence-corrected chi connectivity index (χ4v) is 2.20. The fraction of sp³-hybridized carbons (Fsp3) is 0.545. The maximum atomic E-state index is 10.6. The van der Waals surface area contributed by atoms with Crippen molar-refractivity contribution < 1.29 is 23.5 Å². The molecule has 0 amide bonds. The summed E-state index contributed by atoms with van der Waals surface area (Å²) in [5.74, 6) is 0.323. The Bertz CT molecular complexity index is 636. The van der Waals surface area contributed by atoms with E-state index in [-0.39, 0.29) is 13.2 Å². The molecule has 0 saturated carbocycles. The number of methoxy groups -OCH3 is 1. The highest BCUT2D eigenvalue weighted by Crippen LogP contribution is 2.16. The van der Waals surface area contributed by atoms with Gasteiger partial charge in [-0.05, 0) is 0 Å². The number of nitrogens with zero attached hydrogens (tertiary/aromatic N) is 4. The van der Waals surface area contributed by atoms with Gasteiger partial charge in [0.1, 0.15) is 17.9 Å². The van der Waals surface area contributed by atoms with E-state index in [1.807, 2.05) is 0 Å². The summed E-state index contributed by atoms with van der Waals surface area (Å²) < 4.78 is 27.6. The van der Waals surface area contributed by atoms with E-state index in [4.69, 9.17) is 20.1 Å². The molecule has 0 aliphatic heterocycles. The third-order valence-corrected chi connectivity index (χ3v) is 3.27. The Kier molecular flexibility index (Phi) is 6.22. The third-order valence-electron chi connectivity index (χ3n) is 2.86. The van der Waals surface area contributed by atoms with E-state index in [1.54, 1.807) is 10.9 Å². The zero-order valence-corrected chi connectivity index (χ0v) is 13.0. The second-order valence-corrected chi connectivity index (χ2v) is 5.21. The average Bonchev–Trinajstić information content (AvgIpc) is 2.89. The lowest BCUT2D eigenvalue weighted by molar-refractivity contribution is -0.0282. The molecule has 0 spiro atoms. The molecule has 0 bridgehead atoms. The zero-order chi connectivity index (χ0) is 15.9. The van der Waals surface area contributed by atoms with Crippen LogP contribution in [0.4, 0.5) is 5.82 Å². The van der Waals surface area contributed by atoms with Crippen LogP contribution in [0, 0.1) is 0 Å². The Morgan fingerprint density at radius 2 is 2.23 bits per heavy atom. The Hall–Kier alpha value is -1.58. The van der Waals surface area contributed by atoms with Crippen LogP contribution in [0.3, 0.4) is 0 Å². The zero-order valence-electron chi connectivity index (χ0n) is 12.0. The van der Waals surface area contributed by atoms with Gasteiger partial charge in [0.05, 0.1) is 26.1 Å². The molecular formula is C11H18N5O5P. The van der Waals surface area contributed by atoms with Crippen molar-refractivity contribution in [1.82, 2.24) is 19.5 Å². The molecule has 0 aliphatic rings. The minimum Gasteiger partial charge on any atom is -0.382 e. The van der Waals surface area contributed by atoms with E-state index >= 15 is 0 Å². The van der Waals surface area contributed by atoms with Gasteiger partial charge < -0.3 is 29.2 Å². The Morgan fingerprint density at radius 3 is 2.95 bits per heavy atom. The lowest BCUT2D eigenvalue weighted by atomic mass is 10.4. The molecule has 2 aromatic heterocycles. The normalized spacial score (nSPS) is 14.3. The lowest BCUT2D eigenvalue weighted by Crippen LogP contribution is -2.25. The molecule has 0 aliphatic carbocycles. The van der Waals surface area contributed by atoms with Crippen LogP contribution in [0.15, 0.2) is 12.7 Å². The van der Waals surface area contributed by atoms with E-state index in [0.29, 0.717) is 30.1 Å². The van der Waals surface area contributed by atoms with E-state index in [0.717, 1.165) is 0 Å². The van der Waals surface area contributed by atoms with Gasteiger partial charge in [-0.1, -0.05) is 0 Å². The molecule has 2 unspecified atom stereocenters. The number of hydrogen-bond acceptors (Lipinski definition) is 8. The molecule has 0 saturated heterocycles. The highest BCUT2D eigenvalue weighted by Gasteiger charge is 2.12. The molecular weight excluding hydrogens is 313 g/mol. The van der Waals surface area contributed by atoms with Crippen LogP contribution in [0.1, 0.15) is 0 Å². The van der Waals surface area contributed by atoms with Crippen molar-refractivity contribution in [2.75, 3.05) is 32.7 Å². The van der Waals surface area contributed by atoms with Crippen LogP contribution in [0.25, 0.3) is 11.2 Å². The van der Waals surface area contributed by atoms with Gasteiger partial charge in [0.15, 0.2) is 11.5 Å². The Labute approximate surface area is 127 Å². The topological polar surface area (TPSA) is 135 Å². The molecule has 2 atom stereocenters. The minimum absolute atomic E-state index is 0.0120. The molecule has 0 aromatic carbocycles. The summed E-state index contributed by atoms with van der Waals surface area (Å²) in [5, 5.41) is 0. The van der Waals surface area contributed by atoms with Crippen LogP contribution >= 0.6 is 8.25 Å². The van der Waals surface area contributed by atoms with Crippen molar-refractivity contribution in [3.05, 3.63) is 12.7 Å². The second kappa shape index (κ2) is 8.16. The van der Waals surface area contributed by atoms with Crippen molar-refractivity contribution in [2.24, 2.45) is 0 Å². The summed E-state index contributed by atoms with van der Waals surface area (Å²) >= 11 is 0. The molecule has 22 heavy (non-hydrogen) atoms. The summed E-state index contributed by atoms with van der Waals surface area (Å²) in [6, 6.07) is 0. The summed E-state index contributed by atoms with van der Waals surface area (Å²) in [6.07, 6.45) is 2.55. The molecule has 2 rings (SSSR count). The smallest absolute Gasteiger partial charge is 0.316 e. The number of hydrogen-bond donors (Lipinski definition) is 2. The van der Waals surface area contributed by atoms with Gasteiger partial charge in [-0.25, -0.2) is 15.0 Å². The molecule has 2 aromatic rings. The van der Waals surface area contributed by atoms with E-state index < -0.39 is 14.4 Å². The Balaban J connectivity index is 1.90. The summed E-state index contributed by atoms with van der Waals surface area (Å²) in [5.41, 5.74) is 6.87. The summed E-state index contributed by atoms with van der Waals surface area (Å²) in [7, 11) is -1.46. The lowest BCUT2D eigenvalue weighted by Gasteiger charge is -2.16. The van der Waals surface area contributed by atoms with Gasteiger partial charge in [0, 0.05) is 13.7 Å². The van der Waals surface area contributed by atoms with E-state index in [1.165, 1.54) is 13.4 Å². The van der Waals surface area contributed by atoms with Crippen LogP contribution in [0.2, 0.25) is 0 Å². The van der Waals surface area contributed by atoms with Crippen molar-refractivity contribution >= 4 is 25.2 Å². The number of nitrogens with two attached hydrogens (primary N) is 1. The first-order valence-electron chi connectivity index (χ1n) is 6.49. The van der Waals surface area contributed by atoms with Crippen molar-refractivity contribution in [2.45, 2.75) is 12.6 Å². The molecule has 0 radical (unpaired) electrons. The Morgan fingerprint density at radius 1 is 1.41 bits per heavy atom. The molecule has 10 nitrogen and oxygen atoms in total. The quantitative estimate of drug-likeness (QED) is 0.601. The molecule has 122 valence electrons. The molecule has 11 heteroatoms. The number of ether oxygens (including phenoxy) is 2. The van der Waals surface area contributed by atoms with Gasteiger partial charge in [-0.2, -0.15) is 0 Å². The van der Waals surface area contributed by atoms with Crippen LogP contribution in [-0.2, 0) is 25.1 Å². The average molecular weight is 331 g/mol.